The van der Waals surface area contributed by atoms with Gasteiger partial charge in [-0.25, -0.2) is 15.0 Å². The second-order valence-corrected chi connectivity index (χ2v) is 12.1. The molecule has 0 radical (unpaired) electrons. The molecular weight excluding hydrogens is 599 g/mol. The lowest BCUT2D eigenvalue weighted by Gasteiger charge is -2.13. The number of para-hydroxylation sites is 2. The average Bonchev–Trinajstić information content (AvgIpc) is 3.58. The molecule has 0 saturated heterocycles. The van der Waals surface area contributed by atoms with E-state index in [9.17, 15) is 0 Å². The van der Waals surface area contributed by atoms with Crippen LogP contribution in [0, 0.1) is 0 Å². The third-order valence-corrected chi connectivity index (χ3v) is 8.91. The van der Waals surface area contributed by atoms with Gasteiger partial charge in [0.25, 0.3) is 0 Å². The zero-order valence-corrected chi connectivity index (χ0v) is 26.5. The van der Waals surface area contributed by atoms with E-state index in [2.05, 4.69) is 121 Å². The molecule has 0 fully saturated rings. The molecule has 0 aliphatic carbocycles. The van der Waals surface area contributed by atoms with Crippen molar-refractivity contribution in [1.29, 1.82) is 0 Å². The molecule has 4 nitrogen and oxygen atoms in total. The van der Waals surface area contributed by atoms with Gasteiger partial charge < -0.3 is 4.42 Å². The first-order valence-corrected chi connectivity index (χ1v) is 16.4. The number of furan rings is 1. The molecule has 0 aliphatic heterocycles. The molecule has 0 amide bonds. The quantitative estimate of drug-likeness (QED) is 0.184. The Morgan fingerprint density at radius 1 is 0.306 bits per heavy atom. The van der Waals surface area contributed by atoms with Crippen LogP contribution < -0.4 is 0 Å². The predicted octanol–water partition coefficient (Wildman–Crippen LogP) is 11.8. The van der Waals surface area contributed by atoms with E-state index in [1.807, 2.05) is 54.6 Å². The van der Waals surface area contributed by atoms with Crippen molar-refractivity contribution < 1.29 is 4.42 Å². The second kappa shape index (κ2) is 12.2. The van der Waals surface area contributed by atoms with Gasteiger partial charge in [-0.15, -0.1) is 0 Å². The molecule has 0 atom stereocenters. The minimum absolute atomic E-state index is 0.602. The molecule has 0 N–H and O–H groups in total. The number of nitrogens with zero attached hydrogens (tertiary/aromatic N) is 3. The Morgan fingerprint density at radius 2 is 0.776 bits per heavy atom. The number of benzene rings is 7. The van der Waals surface area contributed by atoms with Gasteiger partial charge in [0.15, 0.2) is 17.5 Å². The Kier molecular flexibility index (Phi) is 7.10. The van der Waals surface area contributed by atoms with Crippen LogP contribution in [0.1, 0.15) is 0 Å². The van der Waals surface area contributed by atoms with Crippen LogP contribution in [-0.2, 0) is 0 Å². The zero-order chi connectivity index (χ0) is 32.6. The van der Waals surface area contributed by atoms with Gasteiger partial charge in [0, 0.05) is 33.0 Å². The SMILES string of the molecule is c1ccc(-c2cccc(-c3nc(-c4ccccc4)nc(-c4cc(-c5ccccc5)cc(-c5cccc6c5oc5ccccc56)c4)n3)c2)cc1. The molecule has 0 bridgehead atoms. The van der Waals surface area contributed by atoms with Gasteiger partial charge in [-0.05, 0) is 58.1 Å². The highest BCUT2D eigenvalue weighted by atomic mass is 16.3. The molecule has 230 valence electrons. The van der Waals surface area contributed by atoms with Gasteiger partial charge in [0.1, 0.15) is 11.2 Å². The van der Waals surface area contributed by atoms with E-state index in [0.29, 0.717) is 17.5 Å². The summed E-state index contributed by atoms with van der Waals surface area (Å²) in [6, 6.07) is 60.4. The van der Waals surface area contributed by atoms with Crippen molar-refractivity contribution >= 4 is 21.9 Å². The van der Waals surface area contributed by atoms with E-state index < -0.39 is 0 Å². The molecule has 0 unspecified atom stereocenters. The highest BCUT2D eigenvalue weighted by Crippen LogP contribution is 2.39. The van der Waals surface area contributed by atoms with Crippen LogP contribution in [0.3, 0.4) is 0 Å². The lowest BCUT2D eigenvalue weighted by atomic mass is 9.94. The van der Waals surface area contributed by atoms with E-state index >= 15 is 0 Å². The Hall–Kier alpha value is -6.65. The summed E-state index contributed by atoms with van der Waals surface area (Å²) in [5, 5.41) is 2.19. The first-order chi connectivity index (χ1) is 24.3. The summed E-state index contributed by atoms with van der Waals surface area (Å²) in [6.07, 6.45) is 0. The smallest absolute Gasteiger partial charge is 0.164 e. The van der Waals surface area contributed by atoms with E-state index in [1.165, 1.54) is 0 Å². The Morgan fingerprint density at radius 3 is 1.51 bits per heavy atom. The molecular formula is C45H29N3O. The normalized spacial score (nSPS) is 11.3. The van der Waals surface area contributed by atoms with E-state index in [4.69, 9.17) is 19.4 Å². The summed E-state index contributed by atoms with van der Waals surface area (Å²) < 4.78 is 6.49. The third-order valence-electron chi connectivity index (χ3n) is 8.91. The molecule has 9 rings (SSSR count). The maximum absolute atomic E-state index is 6.49. The standard InChI is InChI=1S/C45H29N3O/c1-4-14-30(15-5-1)33-20-12-21-34(26-33)44-46-43(32-18-8-3-9-19-32)47-45(48-44)37-28-35(31-16-6-2-7-17-31)27-36(29-37)38-23-13-24-40-39-22-10-11-25-41(39)49-42(38)40/h1-29H. The van der Waals surface area contributed by atoms with Crippen LogP contribution in [-0.4, -0.2) is 15.0 Å². The fraction of sp³-hybridized carbons (Fsp3) is 0. The van der Waals surface area contributed by atoms with Crippen LogP contribution in [0.5, 0.6) is 0 Å². The average molecular weight is 628 g/mol. The van der Waals surface area contributed by atoms with E-state index in [0.717, 1.165) is 72.0 Å². The van der Waals surface area contributed by atoms with Gasteiger partial charge in [-0.2, -0.15) is 0 Å². The van der Waals surface area contributed by atoms with Gasteiger partial charge in [-0.3, -0.25) is 0 Å². The summed E-state index contributed by atoms with van der Waals surface area (Å²) in [7, 11) is 0. The van der Waals surface area contributed by atoms with Gasteiger partial charge in [0.2, 0.25) is 0 Å². The number of hydrogen-bond acceptors (Lipinski definition) is 4. The highest BCUT2D eigenvalue weighted by Gasteiger charge is 2.17. The molecule has 2 aromatic heterocycles. The summed E-state index contributed by atoms with van der Waals surface area (Å²) in [5.74, 6) is 1.84. The van der Waals surface area contributed by atoms with Crippen LogP contribution in [0.15, 0.2) is 180 Å². The van der Waals surface area contributed by atoms with Crippen LogP contribution in [0.4, 0.5) is 0 Å². The first kappa shape index (κ1) is 28.6. The van der Waals surface area contributed by atoms with Crippen molar-refractivity contribution in [3.8, 4) is 67.5 Å². The Labute approximate surface area is 284 Å². The van der Waals surface area contributed by atoms with E-state index in [1.54, 1.807) is 0 Å². The summed E-state index contributed by atoms with van der Waals surface area (Å²) in [5.41, 5.74) is 10.9. The third kappa shape index (κ3) is 5.45. The monoisotopic (exact) mass is 627 g/mol. The first-order valence-electron chi connectivity index (χ1n) is 16.4. The molecule has 7 aromatic carbocycles. The minimum atomic E-state index is 0.602. The minimum Gasteiger partial charge on any atom is -0.455 e. The lowest BCUT2D eigenvalue weighted by Crippen LogP contribution is -2.00. The summed E-state index contributed by atoms with van der Waals surface area (Å²) in [6.45, 7) is 0. The Bertz CT molecular complexity index is 2590. The number of hydrogen-bond donors (Lipinski definition) is 0. The molecule has 9 aromatic rings. The number of aromatic nitrogens is 3. The fourth-order valence-electron chi connectivity index (χ4n) is 6.50. The lowest BCUT2D eigenvalue weighted by molar-refractivity contribution is 0.670. The van der Waals surface area contributed by atoms with Crippen molar-refractivity contribution in [3.63, 3.8) is 0 Å². The van der Waals surface area contributed by atoms with Crippen molar-refractivity contribution in [3.05, 3.63) is 176 Å². The van der Waals surface area contributed by atoms with Crippen LogP contribution in [0.2, 0.25) is 0 Å². The molecule has 0 saturated carbocycles. The van der Waals surface area contributed by atoms with Crippen molar-refractivity contribution in [2.24, 2.45) is 0 Å². The van der Waals surface area contributed by atoms with Gasteiger partial charge in [-0.1, -0.05) is 146 Å². The van der Waals surface area contributed by atoms with Crippen LogP contribution in [0.25, 0.3) is 89.5 Å². The second-order valence-electron chi connectivity index (χ2n) is 12.1. The van der Waals surface area contributed by atoms with Crippen LogP contribution >= 0.6 is 0 Å². The van der Waals surface area contributed by atoms with Crippen molar-refractivity contribution in [2.75, 3.05) is 0 Å². The largest absolute Gasteiger partial charge is 0.455 e. The Balaban J connectivity index is 1.27. The maximum Gasteiger partial charge on any atom is 0.164 e. The number of rotatable bonds is 6. The summed E-state index contributed by atoms with van der Waals surface area (Å²) in [4.78, 5) is 15.3. The maximum atomic E-state index is 6.49. The van der Waals surface area contributed by atoms with E-state index in [-0.39, 0.29) is 0 Å². The molecule has 2 heterocycles. The molecule has 49 heavy (non-hydrogen) atoms. The fourth-order valence-corrected chi connectivity index (χ4v) is 6.50. The highest BCUT2D eigenvalue weighted by molar-refractivity contribution is 6.09. The topological polar surface area (TPSA) is 51.8 Å². The van der Waals surface area contributed by atoms with Gasteiger partial charge in [0.05, 0.1) is 0 Å². The van der Waals surface area contributed by atoms with Gasteiger partial charge >= 0.3 is 0 Å². The van der Waals surface area contributed by atoms with Crippen molar-refractivity contribution in [2.45, 2.75) is 0 Å². The molecule has 0 aliphatic rings. The molecule has 0 spiro atoms. The van der Waals surface area contributed by atoms with Crippen molar-refractivity contribution in [1.82, 2.24) is 15.0 Å². The predicted molar refractivity (Wildman–Crippen MR) is 200 cm³/mol. The molecule has 4 heteroatoms. The summed E-state index contributed by atoms with van der Waals surface area (Å²) >= 11 is 0. The number of fused-ring (bicyclic) bond motifs is 3. The zero-order valence-electron chi connectivity index (χ0n) is 26.5.